The monoisotopic (exact) mass is 384 g/mol. The minimum atomic E-state index is -0.0671. The van der Waals surface area contributed by atoms with E-state index in [2.05, 4.69) is 53.5 Å². The van der Waals surface area contributed by atoms with Gasteiger partial charge < -0.3 is 15.6 Å². The molecule has 2 heterocycles. The molecule has 0 atom stereocenters. The van der Waals surface area contributed by atoms with E-state index in [1.807, 2.05) is 42.6 Å². The molecule has 0 saturated heterocycles. The van der Waals surface area contributed by atoms with Gasteiger partial charge in [-0.05, 0) is 55.7 Å². The minimum absolute atomic E-state index is 0.0671. The Balaban J connectivity index is 1.42. The average molecular weight is 384 g/mol. The van der Waals surface area contributed by atoms with Gasteiger partial charge in [-0.2, -0.15) is 0 Å². The van der Waals surface area contributed by atoms with E-state index in [9.17, 15) is 4.79 Å². The predicted molar refractivity (Wildman–Crippen MR) is 119 cm³/mol. The number of amides is 1. The Bertz CT molecular complexity index is 1150. The summed E-state index contributed by atoms with van der Waals surface area (Å²) in [7, 11) is 0. The van der Waals surface area contributed by atoms with Gasteiger partial charge in [0.05, 0.1) is 18.3 Å². The maximum absolute atomic E-state index is 12.5. The summed E-state index contributed by atoms with van der Waals surface area (Å²) < 4.78 is 0. The van der Waals surface area contributed by atoms with Gasteiger partial charge >= 0.3 is 0 Å². The molecule has 5 heteroatoms. The number of carbonyl (C=O) groups is 1. The Morgan fingerprint density at radius 3 is 2.52 bits per heavy atom. The molecule has 0 radical (unpaired) electrons. The number of nitrogens with zero attached hydrogens (tertiary/aromatic N) is 1. The topological polar surface area (TPSA) is 69.8 Å². The molecule has 0 fully saturated rings. The van der Waals surface area contributed by atoms with Crippen LogP contribution in [0, 0.1) is 20.8 Å². The third-order valence-corrected chi connectivity index (χ3v) is 5.00. The van der Waals surface area contributed by atoms with E-state index in [1.165, 1.54) is 16.7 Å². The van der Waals surface area contributed by atoms with Crippen molar-refractivity contribution in [3.8, 4) is 0 Å². The number of fused-ring (bicyclic) bond motifs is 1. The fourth-order valence-electron chi connectivity index (χ4n) is 3.70. The first-order valence-electron chi connectivity index (χ1n) is 9.65. The summed E-state index contributed by atoms with van der Waals surface area (Å²) in [5, 5.41) is 7.37. The number of hydrogen-bond donors (Lipinski definition) is 3. The van der Waals surface area contributed by atoms with E-state index in [4.69, 9.17) is 0 Å². The molecule has 0 saturated carbocycles. The third kappa shape index (κ3) is 4.14. The number of carbonyl (C=O) groups excluding carboxylic acids is 1. The number of aromatic amines is 1. The molecule has 29 heavy (non-hydrogen) atoms. The molecule has 0 bridgehead atoms. The zero-order valence-electron chi connectivity index (χ0n) is 16.8. The Kier molecular flexibility index (Phi) is 5.04. The van der Waals surface area contributed by atoms with Crippen LogP contribution in [0.4, 0.5) is 17.2 Å². The lowest BCUT2D eigenvalue weighted by atomic mass is 10.1. The van der Waals surface area contributed by atoms with Gasteiger partial charge in [-0.1, -0.05) is 35.9 Å². The molecule has 0 spiro atoms. The number of nitrogens with one attached hydrogen (secondary N) is 3. The van der Waals surface area contributed by atoms with E-state index < -0.39 is 0 Å². The van der Waals surface area contributed by atoms with Crippen molar-refractivity contribution in [3.63, 3.8) is 0 Å². The van der Waals surface area contributed by atoms with Crippen LogP contribution in [-0.4, -0.2) is 15.9 Å². The lowest BCUT2D eigenvalue weighted by Gasteiger charge is -2.13. The number of aryl methyl sites for hydroxylation is 3. The summed E-state index contributed by atoms with van der Waals surface area (Å²) in [6.07, 6.45) is 3.88. The first kappa shape index (κ1) is 18.7. The van der Waals surface area contributed by atoms with E-state index in [0.717, 1.165) is 28.0 Å². The van der Waals surface area contributed by atoms with Crippen molar-refractivity contribution < 1.29 is 4.79 Å². The molecule has 4 rings (SSSR count). The van der Waals surface area contributed by atoms with Crippen molar-refractivity contribution in [2.45, 2.75) is 27.2 Å². The maximum Gasteiger partial charge on any atom is 0.228 e. The highest BCUT2D eigenvalue weighted by atomic mass is 16.1. The fourth-order valence-corrected chi connectivity index (χ4v) is 3.70. The maximum atomic E-state index is 12.5. The van der Waals surface area contributed by atoms with Gasteiger partial charge in [0.25, 0.3) is 0 Å². The van der Waals surface area contributed by atoms with E-state index in [0.29, 0.717) is 12.1 Å². The molecule has 0 aliphatic heterocycles. The highest BCUT2D eigenvalue weighted by molar-refractivity contribution is 5.95. The van der Waals surface area contributed by atoms with Crippen molar-refractivity contribution in [1.82, 2.24) is 9.97 Å². The first-order valence-corrected chi connectivity index (χ1v) is 9.65. The third-order valence-electron chi connectivity index (χ3n) is 5.00. The van der Waals surface area contributed by atoms with E-state index in [1.54, 1.807) is 6.20 Å². The average Bonchev–Trinajstić information content (AvgIpc) is 3.09. The summed E-state index contributed by atoms with van der Waals surface area (Å²) in [4.78, 5) is 20.1. The van der Waals surface area contributed by atoms with Gasteiger partial charge in [0.2, 0.25) is 5.91 Å². The molecule has 4 aromatic rings. The van der Waals surface area contributed by atoms with E-state index >= 15 is 0 Å². The van der Waals surface area contributed by atoms with Crippen LogP contribution < -0.4 is 10.6 Å². The second-order valence-corrected chi connectivity index (χ2v) is 7.42. The van der Waals surface area contributed by atoms with Crippen LogP contribution in [0.15, 0.2) is 60.9 Å². The molecule has 146 valence electrons. The standard InChI is InChI=1S/C24H24N4O/c1-15-10-16(2)24(17(3)11-15)28-22-9-8-19(14-26-22)27-23(29)12-18-13-25-21-7-5-4-6-20(18)21/h4-11,13-14,25H,12H2,1-3H3,(H,26,28)(H,27,29). The second kappa shape index (κ2) is 7.80. The number of H-pyrrole nitrogens is 1. The van der Waals surface area contributed by atoms with Crippen LogP contribution in [-0.2, 0) is 11.2 Å². The zero-order chi connectivity index (χ0) is 20.4. The van der Waals surface area contributed by atoms with Crippen molar-refractivity contribution in [3.05, 3.63) is 83.2 Å². The van der Waals surface area contributed by atoms with Gasteiger partial charge in [0.1, 0.15) is 5.82 Å². The van der Waals surface area contributed by atoms with Crippen molar-refractivity contribution in [1.29, 1.82) is 0 Å². The fraction of sp³-hybridized carbons (Fsp3) is 0.167. The molecule has 0 aliphatic rings. The highest BCUT2D eigenvalue weighted by Gasteiger charge is 2.10. The van der Waals surface area contributed by atoms with Crippen LogP contribution in [0.3, 0.4) is 0 Å². The summed E-state index contributed by atoms with van der Waals surface area (Å²) in [5.41, 5.74) is 7.37. The number of pyridine rings is 1. The molecular weight excluding hydrogens is 360 g/mol. The van der Waals surface area contributed by atoms with Gasteiger partial charge in [-0.15, -0.1) is 0 Å². The zero-order valence-corrected chi connectivity index (χ0v) is 16.8. The predicted octanol–water partition coefficient (Wildman–Crippen LogP) is 5.41. The van der Waals surface area contributed by atoms with Crippen molar-refractivity contribution in [2.24, 2.45) is 0 Å². The number of aromatic nitrogens is 2. The Hall–Kier alpha value is -3.60. The molecule has 0 unspecified atom stereocenters. The number of benzene rings is 2. The molecule has 5 nitrogen and oxygen atoms in total. The van der Waals surface area contributed by atoms with Crippen LogP contribution in [0.5, 0.6) is 0 Å². The van der Waals surface area contributed by atoms with Crippen molar-refractivity contribution in [2.75, 3.05) is 10.6 Å². The van der Waals surface area contributed by atoms with Crippen LogP contribution >= 0.6 is 0 Å². The minimum Gasteiger partial charge on any atom is -0.361 e. The van der Waals surface area contributed by atoms with Gasteiger partial charge in [-0.3, -0.25) is 4.79 Å². The van der Waals surface area contributed by atoms with Gasteiger partial charge in [0, 0.05) is 22.8 Å². The van der Waals surface area contributed by atoms with Crippen molar-refractivity contribution >= 4 is 34.0 Å². The van der Waals surface area contributed by atoms with Crippen LogP contribution in [0.1, 0.15) is 22.3 Å². The van der Waals surface area contributed by atoms with Crippen LogP contribution in [0.25, 0.3) is 10.9 Å². The van der Waals surface area contributed by atoms with Gasteiger partial charge in [-0.25, -0.2) is 4.98 Å². The molecule has 2 aromatic carbocycles. The smallest absolute Gasteiger partial charge is 0.228 e. The molecule has 1 amide bonds. The first-order chi connectivity index (χ1) is 14.0. The molecule has 2 aromatic heterocycles. The largest absolute Gasteiger partial charge is 0.361 e. The number of rotatable bonds is 5. The molecule has 0 aliphatic carbocycles. The number of anilines is 3. The lowest BCUT2D eigenvalue weighted by molar-refractivity contribution is -0.115. The van der Waals surface area contributed by atoms with Crippen LogP contribution in [0.2, 0.25) is 0 Å². The quantitative estimate of drug-likeness (QED) is 0.431. The molecular formula is C24H24N4O. The SMILES string of the molecule is Cc1cc(C)c(Nc2ccc(NC(=O)Cc3c[nH]c4ccccc34)cn2)c(C)c1. The Labute approximate surface area is 170 Å². The summed E-state index contributed by atoms with van der Waals surface area (Å²) in [6, 6.07) is 16.0. The second-order valence-electron chi connectivity index (χ2n) is 7.42. The summed E-state index contributed by atoms with van der Waals surface area (Å²) >= 11 is 0. The molecule has 3 N–H and O–H groups in total. The van der Waals surface area contributed by atoms with Gasteiger partial charge in [0.15, 0.2) is 0 Å². The Morgan fingerprint density at radius 1 is 1.03 bits per heavy atom. The Morgan fingerprint density at radius 2 is 1.79 bits per heavy atom. The number of hydrogen-bond acceptors (Lipinski definition) is 3. The normalized spacial score (nSPS) is 10.9. The highest BCUT2D eigenvalue weighted by Crippen LogP contribution is 2.25. The summed E-state index contributed by atoms with van der Waals surface area (Å²) in [6.45, 7) is 6.26. The van der Waals surface area contributed by atoms with E-state index in [-0.39, 0.29) is 5.91 Å². The lowest BCUT2D eigenvalue weighted by Crippen LogP contribution is -2.14. The number of para-hydroxylation sites is 1. The summed E-state index contributed by atoms with van der Waals surface area (Å²) in [5.74, 6) is 0.678.